The summed E-state index contributed by atoms with van der Waals surface area (Å²) in [6.07, 6.45) is 1.20. The van der Waals surface area contributed by atoms with Crippen LogP contribution in [0.15, 0.2) is 48.5 Å². The van der Waals surface area contributed by atoms with Gasteiger partial charge in [0.25, 0.3) is 5.91 Å². The summed E-state index contributed by atoms with van der Waals surface area (Å²) in [6.45, 7) is 5.54. The van der Waals surface area contributed by atoms with Crippen molar-refractivity contribution in [3.8, 4) is 11.1 Å². The van der Waals surface area contributed by atoms with E-state index in [1.165, 1.54) is 18.6 Å². The topological polar surface area (TPSA) is 35.6 Å². The van der Waals surface area contributed by atoms with E-state index in [1.807, 2.05) is 35.2 Å². The second-order valence-electron chi connectivity index (χ2n) is 7.07. The summed E-state index contributed by atoms with van der Waals surface area (Å²) in [5, 5.41) is 3.41. The van der Waals surface area contributed by atoms with Crippen LogP contribution in [0.1, 0.15) is 16.8 Å². The van der Waals surface area contributed by atoms with Crippen LogP contribution in [0.3, 0.4) is 0 Å². The summed E-state index contributed by atoms with van der Waals surface area (Å²) in [7, 11) is 0. The van der Waals surface area contributed by atoms with Crippen molar-refractivity contribution in [2.75, 3.05) is 39.3 Å². The maximum atomic E-state index is 13.5. The van der Waals surface area contributed by atoms with E-state index in [1.54, 1.807) is 6.07 Å². The Hall–Kier alpha value is -2.24. The average Bonchev–Trinajstić information content (AvgIpc) is 3.22. The molecule has 0 spiro atoms. The Morgan fingerprint density at radius 1 is 1.00 bits per heavy atom. The molecule has 2 aromatic rings. The number of nitrogens with zero attached hydrogens (tertiary/aromatic N) is 2. The molecule has 1 amide bonds. The number of halogens is 1. The normalized spacial score (nSPS) is 21.1. The van der Waals surface area contributed by atoms with Gasteiger partial charge in [0.15, 0.2) is 0 Å². The lowest BCUT2D eigenvalue weighted by Crippen LogP contribution is -2.52. The van der Waals surface area contributed by atoms with E-state index in [0.717, 1.165) is 50.4 Å². The SMILES string of the molecule is O=C(c1cccc(-c2cccc(F)c2)c1)N1CCN(C2CCNC2)CC1. The Morgan fingerprint density at radius 3 is 2.42 bits per heavy atom. The molecular weight excluding hydrogens is 329 g/mol. The number of piperazine rings is 1. The summed E-state index contributed by atoms with van der Waals surface area (Å²) in [6, 6.07) is 14.6. The van der Waals surface area contributed by atoms with Crippen LogP contribution in [0.2, 0.25) is 0 Å². The van der Waals surface area contributed by atoms with Crippen molar-refractivity contribution < 1.29 is 9.18 Å². The van der Waals surface area contributed by atoms with Crippen LogP contribution in [0.25, 0.3) is 11.1 Å². The molecule has 2 aliphatic heterocycles. The maximum absolute atomic E-state index is 13.5. The second-order valence-corrected chi connectivity index (χ2v) is 7.07. The lowest BCUT2D eigenvalue weighted by molar-refractivity contribution is 0.0584. The highest BCUT2D eigenvalue weighted by Crippen LogP contribution is 2.22. The minimum atomic E-state index is -0.267. The Morgan fingerprint density at radius 2 is 1.73 bits per heavy atom. The smallest absolute Gasteiger partial charge is 0.253 e. The Bertz CT molecular complexity index is 780. The van der Waals surface area contributed by atoms with Gasteiger partial charge in [0.05, 0.1) is 0 Å². The number of benzene rings is 2. The second kappa shape index (κ2) is 7.56. The molecule has 2 aromatic carbocycles. The van der Waals surface area contributed by atoms with Crippen molar-refractivity contribution in [3.05, 3.63) is 59.9 Å². The highest BCUT2D eigenvalue weighted by atomic mass is 19.1. The predicted molar refractivity (Wildman–Crippen MR) is 101 cm³/mol. The number of amides is 1. The molecule has 0 aliphatic carbocycles. The summed E-state index contributed by atoms with van der Waals surface area (Å²) < 4.78 is 13.5. The van der Waals surface area contributed by atoms with Crippen LogP contribution in [-0.2, 0) is 0 Å². The van der Waals surface area contributed by atoms with Gasteiger partial charge in [-0.15, -0.1) is 0 Å². The quantitative estimate of drug-likeness (QED) is 0.921. The minimum absolute atomic E-state index is 0.0625. The largest absolute Gasteiger partial charge is 0.336 e. The van der Waals surface area contributed by atoms with Crippen LogP contribution in [0.5, 0.6) is 0 Å². The highest BCUT2D eigenvalue weighted by Gasteiger charge is 2.28. The van der Waals surface area contributed by atoms with Gasteiger partial charge < -0.3 is 10.2 Å². The molecule has 136 valence electrons. The molecule has 1 unspecified atom stereocenters. The standard InChI is InChI=1S/C21H24FN3O/c22-19-6-2-4-17(14-19)16-3-1-5-18(13-16)21(26)25-11-9-24(10-12-25)20-7-8-23-15-20/h1-6,13-14,20,23H,7-12,15H2. The molecular formula is C21H24FN3O. The molecule has 0 radical (unpaired) electrons. The van der Waals surface area contributed by atoms with Crippen LogP contribution in [-0.4, -0.2) is 61.0 Å². The van der Waals surface area contributed by atoms with Crippen molar-refractivity contribution in [3.63, 3.8) is 0 Å². The number of carbonyl (C=O) groups is 1. The zero-order valence-corrected chi connectivity index (χ0v) is 14.8. The van der Waals surface area contributed by atoms with Crippen LogP contribution < -0.4 is 5.32 Å². The summed E-state index contributed by atoms with van der Waals surface area (Å²) >= 11 is 0. The van der Waals surface area contributed by atoms with Crippen LogP contribution in [0, 0.1) is 5.82 Å². The van der Waals surface area contributed by atoms with Gasteiger partial charge >= 0.3 is 0 Å². The first-order chi connectivity index (χ1) is 12.7. The summed E-state index contributed by atoms with van der Waals surface area (Å²) in [4.78, 5) is 17.3. The molecule has 2 heterocycles. The molecule has 2 fully saturated rings. The van der Waals surface area contributed by atoms with E-state index in [0.29, 0.717) is 11.6 Å². The molecule has 1 N–H and O–H groups in total. The monoisotopic (exact) mass is 353 g/mol. The van der Waals surface area contributed by atoms with Crippen LogP contribution in [0.4, 0.5) is 4.39 Å². The third-order valence-electron chi connectivity index (χ3n) is 5.42. The van der Waals surface area contributed by atoms with E-state index < -0.39 is 0 Å². The molecule has 0 saturated carbocycles. The van der Waals surface area contributed by atoms with E-state index in [9.17, 15) is 9.18 Å². The van der Waals surface area contributed by atoms with Crippen molar-refractivity contribution in [2.45, 2.75) is 12.5 Å². The van der Waals surface area contributed by atoms with Gasteiger partial charge in [-0.3, -0.25) is 9.69 Å². The molecule has 0 aromatic heterocycles. The Labute approximate surface area is 153 Å². The van der Waals surface area contributed by atoms with Gasteiger partial charge in [0.1, 0.15) is 5.82 Å². The number of nitrogens with one attached hydrogen (secondary N) is 1. The molecule has 2 aliphatic rings. The van der Waals surface area contributed by atoms with Gasteiger partial charge in [-0.1, -0.05) is 24.3 Å². The van der Waals surface area contributed by atoms with Gasteiger partial charge in [0.2, 0.25) is 0 Å². The fraction of sp³-hybridized carbons (Fsp3) is 0.381. The fourth-order valence-electron chi connectivity index (χ4n) is 3.92. The lowest BCUT2D eigenvalue weighted by atomic mass is 10.0. The Kier molecular flexibility index (Phi) is 5.00. The summed E-state index contributed by atoms with van der Waals surface area (Å²) in [5.74, 6) is -0.204. The first-order valence-electron chi connectivity index (χ1n) is 9.31. The van der Waals surface area contributed by atoms with Gasteiger partial charge in [0, 0.05) is 44.3 Å². The van der Waals surface area contributed by atoms with E-state index >= 15 is 0 Å². The number of rotatable bonds is 3. The van der Waals surface area contributed by atoms with Crippen LogP contribution >= 0.6 is 0 Å². The number of hydrogen-bond donors (Lipinski definition) is 1. The fourth-order valence-corrected chi connectivity index (χ4v) is 3.92. The zero-order valence-electron chi connectivity index (χ0n) is 14.8. The maximum Gasteiger partial charge on any atom is 0.253 e. The molecule has 26 heavy (non-hydrogen) atoms. The highest BCUT2D eigenvalue weighted by molar-refractivity contribution is 5.95. The first-order valence-corrected chi connectivity index (χ1v) is 9.31. The van der Waals surface area contributed by atoms with Gasteiger partial charge in [-0.25, -0.2) is 4.39 Å². The van der Waals surface area contributed by atoms with Crippen molar-refractivity contribution in [2.24, 2.45) is 0 Å². The van der Waals surface area contributed by atoms with Crippen molar-refractivity contribution in [1.82, 2.24) is 15.1 Å². The molecule has 5 heteroatoms. The zero-order chi connectivity index (χ0) is 17.9. The molecule has 1 atom stereocenters. The van der Waals surface area contributed by atoms with Gasteiger partial charge in [-0.05, 0) is 48.4 Å². The Balaban J connectivity index is 1.44. The predicted octanol–water partition coefficient (Wildman–Crippen LogP) is 2.61. The third kappa shape index (κ3) is 3.64. The van der Waals surface area contributed by atoms with E-state index in [2.05, 4.69) is 10.2 Å². The molecule has 0 bridgehead atoms. The van der Waals surface area contributed by atoms with Crippen molar-refractivity contribution >= 4 is 5.91 Å². The van der Waals surface area contributed by atoms with E-state index in [4.69, 9.17) is 0 Å². The molecule has 4 rings (SSSR count). The van der Waals surface area contributed by atoms with E-state index in [-0.39, 0.29) is 11.7 Å². The minimum Gasteiger partial charge on any atom is -0.336 e. The lowest BCUT2D eigenvalue weighted by Gasteiger charge is -2.37. The average molecular weight is 353 g/mol. The van der Waals surface area contributed by atoms with Gasteiger partial charge in [-0.2, -0.15) is 0 Å². The number of hydrogen-bond acceptors (Lipinski definition) is 3. The molecule has 2 saturated heterocycles. The first kappa shape index (κ1) is 17.2. The van der Waals surface area contributed by atoms with Crippen molar-refractivity contribution in [1.29, 1.82) is 0 Å². The number of carbonyl (C=O) groups excluding carboxylic acids is 1. The molecule has 4 nitrogen and oxygen atoms in total. The summed E-state index contributed by atoms with van der Waals surface area (Å²) in [5.41, 5.74) is 2.33. The third-order valence-corrected chi connectivity index (χ3v) is 5.42.